The molecule has 0 unspecified atom stereocenters. The number of aryl methyl sites for hydroxylation is 1. The first-order valence-corrected chi connectivity index (χ1v) is 6.09. The molecule has 2 aromatic rings. The summed E-state index contributed by atoms with van der Waals surface area (Å²) in [7, 11) is 0. The maximum absolute atomic E-state index is 11.8. The van der Waals surface area contributed by atoms with Crippen LogP contribution >= 0.6 is 11.3 Å². The number of aromatic hydroxyl groups is 2. The Labute approximate surface area is 108 Å². The molecular weight excluding hydrogens is 252 g/mol. The number of aromatic nitrogens is 1. The van der Waals surface area contributed by atoms with Gasteiger partial charge in [0.15, 0.2) is 0 Å². The molecule has 6 heteroatoms. The van der Waals surface area contributed by atoms with Gasteiger partial charge in [-0.15, -0.1) is 11.3 Å². The molecule has 0 aliphatic heterocycles. The Hall–Kier alpha value is -2.08. The van der Waals surface area contributed by atoms with Crippen molar-refractivity contribution in [3.8, 4) is 11.5 Å². The minimum Gasteiger partial charge on any atom is -0.508 e. The maximum Gasteiger partial charge on any atom is 0.251 e. The van der Waals surface area contributed by atoms with Crippen molar-refractivity contribution in [2.24, 2.45) is 0 Å². The fourth-order valence-corrected chi connectivity index (χ4v) is 2.19. The Bertz CT molecular complexity index is 560. The quantitative estimate of drug-likeness (QED) is 0.789. The second-order valence-corrected chi connectivity index (χ2v) is 5.10. The summed E-state index contributed by atoms with van der Waals surface area (Å²) < 4.78 is 0. The third-order valence-corrected chi connectivity index (χ3v) is 3.15. The average Bonchev–Trinajstić information content (AvgIpc) is 2.70. The van der Waals surface area contributed by atoms with Crippen LogP contribution in [-0.4, -0.2) is 21.1 Å². The van der Waals surface area contributed by atoms with Gasteiger partial charge in [-0.3, -0.25) is 4.79 Å². The van der Waals surface area contributed by atoms with E-state index in [0.29, 0.717) is 6.54 Å². The lowest BCUT2D eigenvalue weighted by atomic mass is 10.2. The van der Waals surface area contributed by atoms with Crippen LogP contribution in [0.3, 0.4) is 0 Å². The van der Waals surface area contributed by atoms with Crippen molar-refractivity contribution in [3.63, 3.8) is 0 Å². The number of carbonyl (C=O) groups excluding carboxylic acids is 1. The molecule has 18 heavy (non-hydrogen) atoms. The van der Waals surface area contributed by atoms with E-state index in [1.54, 1.807) is 6.20 Å². The summed E-state index contributed by atoms with van der Waals surface area (Å²) in [5.41, 5.74) is 0.209. The number of carbonyl (C=O) groups is 1. The second kappa shape index (κ2) is 5.05. The highest BCUT2D eigenvalue weighted by Crippen LogP contribution is 2.20. The maximum atomic E-state index is 11.8. The van der Waals surface area contributed by atoms with Crippen molar-refractivity contribution in [2.45, 2.75) is 13.5 Å². The van der Waals surface area contributed by atoms with Crippen LogP contribution < -0.4 is 5.32 Å². The largest absolute Gasteiger partial charge is 0.508 e. The van der Waals surface area contributed by atoms with Gasteiger partial charge in [0.05, 0.1) is 6.54 Å². The van der Waals surface area contributed by atoms with E-state index in [-0.39, 0.29) is 23.0 Å². The molecule has 1 aromatic carbocycles. The van der Waals surface area contributed by atoms with E-state index >= 15 is 0 Å². The predicted molar refractivity (Wildman–Crippen MR) is 67.8 cm³/mol. The predicted octanol–water partition coefficient (Wildman–Crippen LogP) is 1.79. The molecule has 0 atom stereocenters. The minimum absolute atomic E-state index is 0.148. The van der Waals surface area contributed by atoms with Gasteiger partial charge in [-0.25, -0.2) is 4.98 Å². The highest BCUT2D eigenvalue weighted by atomic mass is 32.1. The monoisotopic (exact) mass is 264 g/mol. The van der Waals surface area contributed by atoms with E-state index in [1.807, 2.05) is 6.92 Å². The van der Waals surface area contributed by atoms with Crippen molar-refractivity contribution >= 4 is 17.2 Å². The number of amides is 1. The van der Waals surface area contributed by atoms with Gasteiger partial charge in [0, 0.05) is 22.7 Å². The normalized spacial score (nSPS) is 10.3. The molecule has 0 aliphatic carbocycles. The second-order valence-electron chi connectivity index (χ2n) is 3.79. The lowest BCUT2D eigenvalue weighted by Crippen LogP contribution is -2.22. The van der Waals surface area contributed by atoms with Crippen LogP contribution in [0.2, 0.25) is 0 Å². The number of hydrogen-bond acceptors (Lipinski definition) is 5. The summed E-state index contributed by atoms with van der Waals surface area (Å²) >= 11 is 1.51. The Morgan fingerprint density at radius 1 is 1.33 bits per heavy atom. The van der Waals surface area contributed by atoms with Gasteiger partial charge >= 0.3 is 0 Å². The molecule has 3 N–H and O–H groups in total. The fourth-order valence-electron chi connectivity index (χ4n) is 1.47. The molecule has 0 spiro atoms. The van der Waals surface area contributed by atoms with Gasteiger partial charge in [-0.05, 0) is 19.1 Å². The van der Waals surface area contributed by atoms with Crippen molar-refractivity contribution in [1.29, 1.82) is 0 Å². The van der Waals surface area contributed by atoms with Gasteiger partial charge in [-0.1, -0.05) is 0 Å². The molecule has 2 rings (SSSR count). The van der Waals surface area contributed by atoms with E-state index in [4.69, 9.17) is 0 Å². The topological polar surface area (TPSA) is 82.5 Å². The summed E-state index contributed by atoms with van der Waals surface area (Å²) in [5, 5.41) is 22.0. The number of phenolic OH excluding ortho intramolecular Hbond substituents is 2. The van der Waals surface area contributed by atoms with Crippen LogP contribution in [0, 0.1) is 6.92 Å². The van der Waals surface area contributed by atoms with Crippen LogP contribution in [0.1, 0.15) is 20.2 Å². The van der Waals surface area contributed by atoms with Crippen molar-refractivity contribution in [1.82, 2.24) is 10.3 Å². The first-order valence-electron chi connectivity index (χ1n) is 5.27. The smallest absolute Gasteiger partial charge is 0.251 e. The number of rotatable bonds is 3. The fraction of sp³-hybridized carbons (Fsp3) is 0.167. The average molecular weight is 264 g/mol. The zero-order valence-corrected chi connectivity index (χ0v) is 10.5. The molecule has 0 bridgehead atoms. The Balaban J connectivity index is 2.03. The standard InChI is InChI=1S/C12H12N2O3S/c1-7-5-13-11(18-7)6-14-12(17)8-2-9(15)4-10(16)3-8/h2-5,15-16H,6H2,1H3,(H,14,17). The van der Waals surface area contributed by atoms with Crippen LogP contribution in [0.15, 0.2) is 24.4 Å². The van der Waals surface area contributed by atoms with E-state index < -0.39 is 0 Å². The van der Waals surface area contributed by atoms with Gasteiger partial charge < -0.3 is 15.5 Å². The van der Waals surface area contributed by atoms with Gasteiger partial charge in [-0.2, -0.15) is 0 Å². The van der Waals surface area contributed by atoms with Crippen LogP contribution in [0.4, 0.5) is 0 Å². The van der Waals surface area contributed by atoms with Crippen molar-refractivity contribution in [2.75, 3.05) is 0 Å². The van der Waals surface area contributed by atoms with Crippen LogP contribution in [-0.2, 0) is 6.54 Å². The molecule has 1 aromatic heterocycles. The van der Waals surface area contributed by atoms with Gasteiger partial charge in [0.2, 0.25) is 0 Å². The number of benzene rings is 1. The number of hydrogen-bond donors (Lipinski definition) is 3. The van der Waals surface area contributed by atoms with Gasteiger partial charge in [0.1, 0.15) is 16.5 Å². The molecule has 0 saturated carbocycles. The molecular formula is C12H12N2O3S. The summed E-state index contributed by atoms with van der Waals surface area (Å²) in [4.78, 5) is 17.0. The Kier molecular flexibility index (Phi) is 3.47. The molecule has 94 valence electrons. The highest BCUT2D eigenvalue weighted by Gasteiger charge is 2.09. The van der Waals surface area contributed by atoms with Crippen LogP contribution in [0.25, 0.3) is 0 Å². The Morgan fingerprint density at radius 2 is 2.00 bits per heavy atom. The number of nitrogens with one attached hydrogen (secondary N) is 1. The molecule has 0 radical (unpaired) electrons. The highest BCUT2D eigenvalue weighted by molar-refractivity contribution is 7.11. The summed E-state index contributed by atoms with van der Waals surface area (Å²) in [6.07, 6.45) is 1.74. The number of thiazole rings is 1. The SMILES string of the molecule is Cc1cnc(CNC(=O)c2cc(O)cc(O)c2)s1. The van der Waals surface area contributed by atoms with Crippen molar-refractivity contribution < 1.29 is 15.0 Å². The molecule has 0 saturated heterocycles. The van der Waals surface area contributed by atoms with E-state index in [9.17, 15) is 15.0 Å². The first-order chi connectivity index (χ1) is 8.54. The third-order valence-electron chi connectivity index (χ3n) is 2.23. The number of phenols is 2. The zero-order valence-electron chi connectivity index (χ0n) is 9.67. The molecule has 1 amide bonds. The third kappa shape index (κ3) is 2.98. The summed E-state index contributed by atoms with van der Waals surface area (Å²) in [6, 6.07) is 3.76. The minimum atomic E-state index is -0.367. The lowest BCUT2D eigenvalue weighted by Gasteiger charge is -2.04. The Morgan fingerprint density at radius 3 is 2.56 bits per heavy atom. The van der Waals surface area contributed by atoms with Crippen LogP contribution in [0.5, 0.6) is 11.5 Å². The molecule has 0 aliphatic rings. The van der Waals surface area contributed by atoms with E-state index in [1.165, 1.54) is 29.5 Å². The molecule has 1 heterocycles. The van der Waals surface area contributed by atoms with E-state index in [2.05, 4.69) is 10.3 Å². The summed E-state index contributed by atoms with van der Waals surface area (Å²) in [6.45, 7) is 2.27. The lowest BCUT2D eigenvalue weighted by molar-refractivity contribution is 0.0950. The number of nitrogens with zero attached hydrogens (tertiary/aromatic N) is 1. The molecule has 5 nitrogen and oxygen atoms in total. The van der Waals surface area contributed by atoms with Gasteiger partial charge in [0.25, 0.3) is 5.91 Å². The van der Waals surface area contributed by atoms with Crippen molar-refractivity contribution in [3.05, 3.63) is 39.8 Å². The summed E-state index contributed by atoms with van der Waals surface area (Å²) in [5.74, 6) is -0.662. The molecule has 0 fully saturated rings. The van der Waals surface area contributed by atoms with E-state index in [0.717, 1.165) is 9.88 Å². The first kappa shape index (κ1) is 12.4. The zero-order chi connectivity index (χ0) is 13.1.